The summed E-state index contributed by atoms with van der Waals surface area (Å²) < 4.78 is 30.1. The lowest BCUT2D eigenvalue weighted by atomic mass is 9.98. The van der Waals surface area contributed by atoms with Crippen molar-refractivity contribution in [2.24, 2.45) is 0 Å². The Labute approximate surface area is 175 Å². The van der Waals surface area contributed by atoms with E-state index < -0.39 is 0 Å². The van der Waals surface area contributed by atoms with E-state index in [0.29, 0.717) is 24.2 Å². The van der Waals surface area contributed by atoms with Crippen LogP contribution in [0.4, 0.5) is 4.39 Å². The number of hydrogen-bond acceptors (Lipinski definition) is 5. The normalized spacial score (nSPS) is 11.8. The Hall–Kier alpha value is -2.31. The van der Waals surface area contributed by atoms with Gasteiger partial charge in [-0.3, -0.25) is 4.79 Å². The number of carbonyl (C=O) groups is 1. The van der Waals surface area contributed by atoms with Crippen molar-refractivity contribution in [1.82, 2.24) is 0 Å². The summed E-state index contributed by atoms with van der Waals surface area (Å²) in [7, 11) is 1.46. The number of ether oxygens (including phenoxy) is 3. The Morgan fingerprint density at radius 1 is 1.14 bits per heavy atom. The van der Waals surface area contributed by atoms with Gasteiger partial charge in [0.1, 0.15) is 12.4 Å². The van der Waals surface area contributed by atoms with E-state index >= 15 is 0 Å². The van der Waals surface area contributed by atoms with Crippen molar-refractivity contribution in [1.29, 1.82) is 0 Å². The maximum Gasteiger partial charge on any atom is 0.205 e. The van der Waals surface area contributed by atoms with Crippen molar-refractivity contribution in [2.75, 3.05) is 26.9 Å². The zero-order valence-corrected chi connectivity index (χ0v) is 17.8. The van der Waals surface area contributed by atoms with Crippen LogP contribution in [0.5, 0.6) is 17.2 Å². The molecule has 0 saturated carbocycles. The molecule has 5 nitrogen and oxygen atoms in total. The highest BCUT2D eigenvalue weighted by molar-refractivity contribution is 6.34. The van der Waals surface area contributed by atoms with Crippen molar-refractivity contribution in [3.05, 3.63) is 51.8 Å². The standard InChI is InChI=1S/C22H26ClFO5/c1-13(16-5-7-17(24)8-6-16)9-11-28-22-20(29-12-10-25)18(15(3)26)14(2)19(23)21(22)27-4/h5-8,13,25H,9-12H2,1-4H3. The van der Waals surface area contributed by atoms with Crippen LogP contribution in [0.2, 0.25) is 5.02 Å². The number of halogens is 2. The number of benzene rings is 2. The lowest BCUT2D eigenvalue weighted by Crippen LogP contribution is -2.12. The minimum Gasteiger partial charge on any atom is -0.491 e. The summed E-state index contributed by atoms with van der Waals surface area (Å²) in [5, 5.41) is 9.43. The third-order valence-electron chi connectivity index (χ3n) is 4.67. The molecule has 1 unspecified atom stereocenters. The topological polar surface area (TPSA) is 65.0 Å². The predicted octanol–water partition coefficient (Wildman–Crippen LogP) is 4.94. The Balaban J connectivity index is 2.31. The monoisotopic (exact) mass is 424 g/mol. The molecule has 0 heterocycles. The van der Waals surface area contributed by atoms with E-state index in [9.17, 15) is 9.18 Å². The fourth-order valence-corrected chi connectivity index (χ4v) is 3.34. The molecule has 0 aliphatic carbocycles. The summed E-state index contributed by atoms with van der Waals surface area (Å²) in [5.74, 6) is 0.323. The number of ketones is 1. The molecule has 2 aromatic carbocycles. The fourth-order valence-electron chi connectivity index (χ4n) is 3.09. The van der Waals surface area contributed by atoms with Crippen molar-refractivity contribution >= 4 is 17.4 Å². The molecule has 1 N–H and O–H groups in total. The van der Waals surface area contributed by atoms with Crippen LogP contribution in [0.15, 0.2) is 24.3 Å². The highest BCUT2D eigenvalue weighted by Gasteiger charge is 2.27. The molecule has 0 spiro atoms. The van der Waals surface area contributed by atoms with Gasteiger partial charge in [0.15, 0.2) is 17.3 Å². The Morgan fingerprint density at radius 2 is 1.76 bits per heavy atom. The van der Waals surface area contributed by atoms with Gasteiger partial charge in [-0.05, 0) is 49.4 Å². The quantitative estimate of drug-likeness (QED) is 0.547. The smallest absolute Gasteiger partial charge is 0.205 e. The van der Waals surface area contributed by atoms with Gasteiger partial charge in [0.25, 0.3) is 0 Å². The second-order valence-electron chi connectivity index (χ2n) is 6.72. The number of hydrogen-bond donors (Lipinski definition) is 1. The SMILES string of the molecule is COc1c(Cl)c(C)c(C(C)=O)c(OCCO)c1OCCC(C)c1ccc(F)cc1. The molecule has 0 aromatic heterocycles. The second kappa shape index (κ2) is 10.5. The molecular weight excluding hydrogens is 399 g/mol. The number of aliphatic hydroxyl groups excluding tert-OH is 1. The molecule has 0 saturated heterocycles. The summed E-state index contributed by atoms with van der Waals surface area (Å²) in [6.45, 7) is 5.20. The van der Waals surface area contributed by atoms with Crippen molar-refractivity contribution in [3.8, 4) is 17.2 Å². The molecular formula is C22H26ClFO5. The molecule has 0 aliphatic heterocycles. The highest BCUT2D eigenvalue weighted by Crippen LogP contribution is 2.48. The van der Waals surface area contributed by atoms with E-state index in [0.717, 1.165) is 5.56 Å². The zero-order chi connectivity index (χ0) is 21.6. The first-order valence-corrected chi connectivity index (χ1v) is 9.72. The van der Waals surface area contributed by atoms with Gasteiger partial charge in [-0.1, -0.05) is 30.7 Å². The van der Waals surface area contributed by atoms with E-state index in [1.54, 1.807) is 19.1 Å². The van der Waals surface area contributed by atoms with Crippen LogP contribution in [-0.2, 0) is 0 Å². The van der Waals surface area contributed by atoms with Gasteiger partial charge in [-0.25, -0.2) is 4.39 Å². The van der Waals surface area contributed by atoms with Crippen molar-refractivity contribution < 1.29 is 28.5 Å². The molecule has 0 fully saturated rings. The van der Waals surface area contributed by atoms with E-state index in [2.05, 4.69) is 0 Å². The van der Waals surface area contributed by atoms with Crippen LogP contribution in [0.1, 0.15) is 47.7 Å². The summed E-state index contributed by atoms with van der Waals surface area (Å²) in [4.78, 5) is 12.2. The van der Waals surface area contributed by atoms with Crippen LogP contribution in [0.3, 0.4) is 0 Å². The van der Waals surface area contributed by atoms with Crippen molar-refractivity contribution in [2.45, 2.75) is 33.1 Å². The molecule has 0 bridgehead atoms. The van der Waals surface area contributed by atoms with Crippen LogP contribution in [-0.4, -0.2) is 37.8 Å². The minimum absolute atomic E-state index is 0.00709. The zero-order valence-electron chi connectivity index (χ0n) is 17.1. The molecule has 0 radical (unpaired) electrons. The van der Waals surface area contributed by atoms with Gasteiger partial charge >= 0.3 is 0 Å². The highest BCUT2D eigenvalue weighted by atomic mass is 35.5. The van der Waals surface area contributed by atoms with Gasteiger partial charge in [0.05, 0.1) is 30.9 Å². The van der Waals surface area contributed by atoms with Crippen LogP contribution in [0.25, 0.3) is 0 Å². The third kappa shape index (κ3) is 5.40. The van der Waals surface area contributed by atoms with Gasteiger partial charge in [-0.2, -0.15) is 0 Å². The van der Waals surface area contributed by atoms with E-state index in [-0.39, 0.29) is 53.0 Å². The number of Topliss-reactive ketones (excluding diaryl/α,β-unsaturated/α-hetero) is 1. The first-order chi connectivity index (χ1) is 13.8. The average Bonchev–Trinajstić information content (AvgIpc) is 2.69. The minimum atomic E-state index is -0.279. The maximum atomic E-state index is 13.1. The molecule has 2 aromatic rings. The molecule has 7 heteroatoms. The largest absolute Gasteiger partial charge is 0.491 e. The molecule has 1 atom stereocenters. The summed E-state index contributed by atoms with van der Waals surface area (Å²) in [6.07, 6.45) is 0.634. The number of rotatable bonds is 10. The number of aliphatic hydroxyl groups is 1. The summed E-state index contributed by atoms with van der Waals surface area (Å²) in [5.41, 5.74) is 1.81. The first kappa shape index (κ1) is 23.0. The fraction of sp³-hybridized carbons (Fsp3) is 0.409. The predicted molar refractivity (Wildman–Crippen MR) is 110 cm³/mol. The molecule has 2 rings (SSSR count). The van der Waals surface area contributed by atoms with Crippen molar-refractivity contribution in [3.63, 3.8) is 0 Å². The molecule has 0 aliphatic rings. The number of methoxy groups -OCH3 is 1. The second-order valence-corrected chi connectivity index (χ2v) is 7.10. The maximum absolute atomic E-state index is 13.1. The number of carbonyl (C=O) groups excluding carboxylic acids is 1. The first-order valence-electron chi connectivity index (χ1n) is 9.34. The Bertz CT molecular complexity index is 852. The van der Waals surface area contributed by atoms with E-state index in [4.69, 9.17) is 30.9 Å². The average molecular weight is 425 g/mol. The van der Waals surface area contributed by atoms with Crippen LogP contribution >= 0.6 is 11.6 Å². The van der Waals surface area contributed by atoms with E-state index in [1.165, 1.54) is 26.2 Å². The summed E-state index contributed by atoms with van der Waals surface area (Å²) in [6, 6.07) is 6.34. The third-order valence-corrected chi connectivity index (χ3v) is 5.13. The van der Waals surface area contributed by atoms with Crippen LogP contribution in [0, 0.1) is 12.7 Å². The van der Waals surface area contributed by atoms with Gasteiger partial charge in [0, 0.05) is 0 Å². The van der Waals surface area contributed by atoms with Gasteiger partial charge < -0.3 is 19.3 Å². The molecule has 29 heavy (non-hydrogen) atoms. The lowest BCUT2D eigenvalue weighted by Gasteiger charge is -2.22. The van der Waals surface area contributed by atoms with Crippen LogP contribution < -0.4 is 14.2 Å². The Morgan fingerprint density at radius 3 is 2.31 bits per heavy atom. The Kier molecular flexibility index (Phi) is 8.29. The lowest BCUT2D eigenvalue weighted by molar-refractivity contribution is 0.100. The molecule has 158 valence electrons. The molecule has 0 amide bonds. The van der Waals surface area contributed by atoms with Gasteiger partial charge in [-0.15, -0.1) is 0 Å². The van der Waals surface area contributed by atoms with E-state index in [1.807, 2.05) is 6.92 Å². The summed E-state index contributed by atoms with van der Waals surface area (Å²) >= 11 is 6.41. The van der Waals surface area contributed by atoms with Gasteiger partial charge in [0.2, 0.25) is 5.75 Å².